The SMILES string of the molecule is COC(=O)C(CNc1ccc(C)c(Cl)c1)C(C)C. The first-order chi connectivity index (χ1) is 8.45. The van der Waals surface area contributed by atoms with Crippen molar-refractivity contribution in [3.05, 3.63) is 28.8 Å². The van der Waals surface area contributed by atoms with Crippen LogP contribution in [0.15, 0.2) is 18.2 Å². The Morgan fingerprint density at radius 2 is 2.11 bits per heavy atom. The van der Waals surface area contributed by atoms with Gasteiger partial charge in [0.25, 0.3) is 0 Å². The predicted molar refractivity (Wildman–Crippen MR) is 75.0 cm³/mol. The number of hydrogen-bond donors (Lipinski definition) is 1. The maximum atomic E-state index is 11.6. The molecular weight excluding hydrogens is 250 g/mol. The Labute approximate surface area is 113 Å². The van der Waals surface area contributed by atoms with Crippen LogP contribution < -0.4 is 5.32 Å². The molecule has 1 unspecified atom stereocenters. The third-order valence-electron chi connectivity index (χ3n) is 3.01. The van der Waals surface area contributed by atoms with Gasteiger partial charge in [-0.25, -0.2) is 0 Å². The summed E-state index contributed by atoms with van der Waals surface area (Å²) < 4.78 is 4.80. The molecule has 0 aliphatic carbocycles. The third kappa shape index (κ3) is 3.91. The highest BCUT2D eigenvalue weighted by molar-refractivity contribution is 6.31. The van der Waals surface area contributed by atoms with Crippen molar-refractivity contribution in [3.63, 3.8) is 0 Å². The van der Waals surface area contributed by atoms with Gasteiger partial charge < -0.3 is 10.1 Å². The van der Waals surface area contributed by atoms with Gasteiger partial charge in [0, 0.05) is 17.3 Å². The first-order valence-corrected chi connectivity index (χ1v) is 6.41. The van der Waals surface area contributed by atoms with E-state index in [-0.39, 0.29) is 17.8 Å². The Hall–Kier alpha value is -1.22. The molecule has 0 saturated heterocycles. The second-order valence-electron chi connectivity index (χ2n) is 4.72. The molecular formula is C14H20ClNO2. The van der Waals surface area contributed by atoms with E-state index < -0.39 is 0 Å². The van der Waals surface area contributed by atoms with Gasteiger partial charge in [-0.2, -0.15) is 0 Å². The van der Waals surface area contributed by atoms with E-state index in [4.69, 9.17) is 16.3 Å². The maximum absolute atomic E-state index is 11.6. The molecule has 0 amide bonds. The number of carbonyl (C=O) groups is 1. The zero-order valence-electron chi connectivity index (χ0n) is 11.3. The summed E-state index contributed by atoms with van der Waals surface area (Å²) in [5.41, 5.74) is 1.95. The molecule has 18 heavy (non-hydrogen) atoms. The topological polar surface area (TPSA) is 38.3 Å². The highest BCUT2D eigenvalue weighted by Crippen LogP contribution is 2.21. The molecule has 0 bridgehead atoms. The molecule has 1 atom stereocenters. The number of rotatable bonds is 5. The van der Waals surface area contributed by atoms with E-state index in [0.29, 0.717) is 6.54 Å². The van der Waals surface area contributed by atoms with Gasteiger partial charge in [0.05, 0.1) is 13.0 Å². The number of carbonyl (C=O) groups excluding carboxylic acids is 1. The molecule has 0 radical (unpaired) electrons. The van der Waals surface area contributed by atoms with Crippen LogP contribution in [0.5, 0.6) is 0 Å². The molecule has 1 aromatic carbocycles. The number of halogens is 1. The average molecular weight is 270 g/mol. The fourth-order valence-corrected chi connectivity index (χ4v) is 1.85. The van der Waals surface area contributed by atoms with E-state index in [1.54, 1.807) is 0 Å². The van der Waals surface area contributed by atoms with Crippen molar-refractivity contribution < 1.29 is 9.53 Å². The van der Waals surface area contributed by atoms with Gasteiger partial charge in [0.1, 0.15) is 0 Å². The number of hydrogen-bond acceptors (Lipinski definition) is 3. The standard InChI is InChI=1S/C14H20ClNO2/c1-9(2)12(14(17)18-4)8-16-11-6-5-10(3)13(15)7-11/h5-7,9,12,16H,8H2,1-4H3. The first-order valence-electron chi connectivity index (χ1n) is 6.03. The van der Waals surface area contributed by atoms with Crippen LogP contribution in [0.4, 0.5) is 5.69 Å². The lowest BCUT2D eigenvalue weighted by Crippen LogP contribution is -2.28. The van der Waals surface area contributed by atoms with Crippen LogP contribution in [0, 0.1) is 18.8 Å². The number of ether oxygens (including phenoxy) is 1. The Morgan fingerprint density at radius 3 is 2.61 bits per heavy atom. The summed E-state index contributed by atoms with van der Waals surface area (Å²) in [6, 6.07) is 5.77. The van der Waals surface area contributed by atoms with Gasteiger partial charge in [-0.05, 0) is 30.5 Å². The van der Waals surface area contributed by atoms with Crippen LogP contribution in [0.3, 0.4) is 0 Å². The summed E-state index contributed by atoms with van der Waals surface area (Å²) in [7, 11) is 1.42. The number of nitrogens with one attached hydrogen (secondary N) is 1. The zero-order valence-corrected chi connectivity index (χ0v) is 12.0. The molecule has 1 aromatic rings. The Morgan fingerprint density at radius 1 is 1.44 bits per heavy atom. The summed E-state index contributed by atoms with van der Waals surface area (Å²) in [4.78, 5) is 11.6. The molecule has 1 rings (SSSR count). The molecule has 0 aromatic heterocycles. The van der Waals surface area contributed by atoms with E-state index in [9.17, 15) is 4.79 Å². The van der Waals surface area contributed by atoms with E-state index in [0.717, 1.165) is 16.3 Å². The lowest BCUT2D eigenvalue weighted by Gasteiger charge is -2.19. The Balaban J connectivity index is 2.67. The zero-order chi connectivity index (χ0) is 13.7. The van der Waals surface area contributed by atoms with Gasteiger partial charge in [0.2, 0.25) is 0 Å². The number of benzene rings is 1. The molecule has 0 heterocycles. The normalized spacial score (nSPS) is 12.3. The third-order valence-corrected chi connectivity index (χ3v) is 3.41. The maximum Gasteiger partial charge on any atom is 0.310 e. The van der Waals surface area contributed by atoms with Gasteiger partial charge in [0.15, 0.2) is 0 Å². The summed E-state index contributed by atoms with van der Waals surface area (Å²) in [5.74, 6) is -0.114. The van der Waals surface area contributed by atoms with Crippen LogP contribution in [0.25, 0.3) is 0 Å². The summed E-state index contributed by atoms with van der Waals surface area (Å²) >= 11 is 6.05. The minimum Gasteiger partial charge on any atom is -0.469 e. The molecule has 0 fully saturated rings. The number of anilines is 1. The largest absolute Gasteiger partial charge is 0.469 e. The second-order valence-corrected chi connectivity index (χ2v) is 5.13. The Bertz CT molecular complexity index is 418. The molecule has 0 aliphatic heterocycles. The fraction of sp³-hybridized carbons (Fsp3) is 0.500. The van der Waals surface area contributed by atoms with Crippen molar-refractivity contribution in [2.75, 3.05) is 19.0 Å². The van der Waals surface area contributed by atoms with Gasteiger partial charge in [-0.3, -0.25) is 4.79 Å². The quantitative estimate of drug-likeness (QED) is 0.832. The van der Waals surface area contributed by atoms with Crippen LogP contribution in [-0.4, -0.2) is 19.6 Å². The summed E-state index contributed by atoms with van der Waals surface area (Å²) in [5, 5.41) is 3.95. The molecule has 1 N–H and O–H groups in total. The number of methoxy groups -OCH3 is 1. The smallest absolute Gasteiger partial charge is 0.310 e. The second kappa shape index (κ2) is 6.64. The molecule has 3 nitrogen and oxygen atoms in total. The molecule has 100 valence electrons. The number of aryl methyl sites for hydroxylation is 1. The van der Waals surface area contributed by atoms with E-state index in [1.807, 2.05) is 39.0 Å². The molecule has 0 spiro atoms. The monoisotopic (exact) mass is 269 g/mol. The van der Waals surface area contributed by atoms with Gasteiger partial charge >= 0.3 is 5.97 Å². The Kier molecular flexibility index (Phi) is 5.48. The highest BCUT2D eigenvalue weighted by Gasteiger charge is 2.22. The fourth-order valence-electron chi connectivity index (χ4n) is 1.67. The average Bonchev–Trinajstić information content (AvgIpc) is 2.33. The van der Waals surface area contributed by atoms with Gasteiger partial charge in [-0.1, -0.05) is 31.5 Å². The van der Waals surface area contributed by atoms with E-state index in [2.05, 4.69) is 5.32 Å². The lowest BCUT2D eigenvalue weighted by atomic mass is 9.96. The minimum atomic E-state index is -0.185. The van der Waals surface area contributed by atoms with Crippen molar-refractivity contribution in [2.24, 2.45) is 11.8 Å². The van der Waals surface area contributed by atoms with Crippen molar-refractivity contribution >= 4 is 23.3 Å². The predicted octanol–water partition coefficient (Wildman–Crippen LogP) is 3.51. The van der Waals surface area contributed by atoms with Gasteiger partial charge in [-0.15, -0.1) is 0 Å². The van der Waals surface area contributed by atoms with E-state index >= 15 is 0 Å². The first kappa shape index (κ1) is 14.8. The van der Waals surface area contributed by atoms with Crippen molar-refractivity contribution in [1.82, 2.24) is 0 Å². The van der Waals surface area contributed by atoms with Crippen LogP contribution in [0.2, 0.25) is 5.02 Å². The summed E-state index contributed by atoms with van der Waals surface area (Å²) in [6.45, 7) is 6.51. The van der Waals surface area contributed by atoms with Crippen molar-refractivity contribution in [2.45, 2.75) is 20.8 Å². The molecule has 0 aliphatic rings. The molecule has 4 heteroatoms. The van der Waals surface area contributed by atoms with E-state index in [1.165, 1.54) is 7.11 Å². The number of esters is 1. The highest BCUT2D eigenvalue weighted by atomic mass is 35.5. The summed E-state index contributed by atoms with van der Waals surface area (Å²) in [6.07, 6.45) is 0. The van der Waals surface area contributed by atoms with Crippen molar-refractivity contribution in [1.29, 1.82) is 0 Å². The van der Waals surface area contributed by atoms with Crippen LogP contribution in [-0.2, 0) is 9.53 Å². The van der Waals surface area contributed by atoms with Crippen LogP contribution in [0.1, 0.15) is 19.4 Å². The van der Waals surface area contributed by atoms with Crippen molar-refractivity contribution in [3.8, 4) is 0 Å². The lowest BCUT2D eigenvalue weighted by molar-refractivity contribution is -0.146. The minimum absolute atomic E-state index is 0.157. The van der Waals surface area contributed by atoms with Crippen LogP contribution >= 0.6 is 11.6 Å². The molecule has 0 saturated carbocycles.